The average molecular weight is 1190 g/mol. The maximum Gasteiger partial charge on any atom is 0.306 e. The van der Waals surface area contributed by atoms with Gasteiger partial charge in [-0.25, -0.2) is 0 Å². The maximum absolute atomic E-state index is 13.6. The lowest BCUT2D eigenvalue weighted by Crippen LogP contribution is -2.47. The van der Waals surface area contributed by atoms with Crippen molar-refractivity contribution in [1.29, 1.82) is 0 Å². The highest BCUT2D eigenvalue weighted by molar-refractivity contribution is 7.45. The molecule has 0 saturated carbocycles. The van der Waals surface area contributed by atoms with Gasteiger partial charge in [-0.05, 0) is 57.4 Å². The number of hydrogen-bond donors (Lipinski definition) is 1. The Labute approximate surface area is 517 Å². The highest BCUT2D eigenvalue weighted by Gasteiger charge is 2.27. The number of amides is 1. The van der Waals surface area contributed by atoms with Crippen LogP contribution in [0.4, 0.5) is 0 Å². The molecule has 0 aliphatic heterocycles. The fourth-order valence-electron chi connectivity index (χ4n) is 11.2. The van der Waals surface area contributed by atoms with Crippen LogP contribution >= 0.6 is 7.82 Å². The molecule has 10 heteroatoms. The van der Waals surface area contributed by atoms with Crippen LogP contribution in [-0.2, 0) is 27.9 Å². The molecule has 0 aromatic rings. The molecule has 0 aliphatic carbocycles. The molecule has 0 aromatic heterocycles. The Hall–Kier alpha value is -1.51. The molecule has 0 rings (SSSR count). The summed E-state index contributed by atoms with van der Waals surface area (Å²) in [5.41, 5.74) is 0. The molecule has 0 bridgehead atoms. The van der Waals surface area contributed by atoms with Gasteiger partial charge in [0.2, 0.25) is 5.91 Å². The van der Waals surface area contributed by atoms with E-state index in [1.54, 1.807) is 0 Å². The summed E-state index contributed by atoms with van der Waals surface area (Å²) >= 11 is 0. The van der Waals surface area contributed by atoms with Gasteiger partial charge in [-0.3, -0.25) is 14.2 Å². The summed E-state index contributed by atoms with van der Waals surface area (Å²) in [5.74, 6) is -0.519. The van der Waals surface area contributed by atoms with Crippen molar-refractivity contribution in [1.82, 2.24) is 5.32 Å². The smallest absolute Gasteiger partial charge is 0.306 e. The summed E-state index contributed by atoms with van der Waals surface area (Å²) in [7, 11) is 1.21. The molecule has 83 heavy (non-hydrogen) atoms. The van der Waals surface area contributed by atoms with E-state index in [0.717, 1.165) is 57.8 Å². The molecule has 0 radical (unpaired) electrons. The van der Waals surface area contributed by atoms with Gasteiger partial charge in [0.25, 0.3) is 7.82 Å². The molecular weight excluding hydrogens is 1050 g/mol. The van der Waals surface area contributed by atoms with E-state index in [9.17, 15) is 19.0 Å². The number of phosphoric ester groups is 1. The highest BCUT2D eigenvalue weighted by Crippen LogP contribution is 2.38. The largest absolute Gasteiger partial charge is 0.756 e. The Balaban J connectivity index is 4.95. The Morgan fingerprint density at radius 3 is 1.02 bits per heavy atom. The topological polar surface area (TPSA) is 114 Å². The van der Waals surface area contributed by atoms with E-state index < -0.39 is 20.0 Å². The molecular formula is C73H143N2O7P. The fraction of sp³-hybridized carbons (Fsp3) is 0.918. The maximum atomic E-state index is 13.6. The molecule has 3 atom stereocenters. The van der Waals surface area contributed by atoms with Gasteiger partial charge in [-0.2, -0.15) is 0 Å². The van der Waals surface area contributed by atoms with Crippen LogP contribution < -0.4 is 10.2 Å². The zero-order valence-electron chi connectivity index (χ0n) is 56.4. The van der Waals surface area contributed by atoms with Gasteiger partial charge in [0, 0.05) is 12.8 Å². The third-order valence-electron chi connectivity index (χ3n) is 16.9. The third kappa shape index (κ3) is 64.8. The Kier molecular flexibility index (Phi) is 62.4. The number of unbranched alkanes of at least 4 members (excludes halogenated alkanes) is 50. The van der Waals surface area contributed by atoms with Crippen molar-refractivity contribution in [2.24, 2.45) is 0 Å². The number of hydrogen-bond acceptors (Lipinski definition) is 7. The van der Waals surface area contributed by atoms with Gasteiger partial charge >= 0.3 is 5.97 Å². The Bertz CT molecular complexity index is 1470. The summed E-state index contributed by atoms with van der Waals surface area (Å²) < 4.78 is 30.5. The van der Waals surface area contributed by atoms with Crippen LogP contribution in [0, 0.1) is 0 Å². The Morgan fingerprint density at radius 1 is 0.410 bits per heavy atom. The number of carbonyl (C=O) groups is 2. The first kappa shape index (κ1) is 81.5. The molecule has 0 aliphatic rings. The standard InChI is InChI=1S/C73H143N2O7P/c1-7-10-13-16-19-22-25-27-29-31-33-35-36-37-38-40-42-44-46-48-51-54-57-60-63-66-73(77)82-71(64-61-58-55-52-49-24-21-18-15-12-9-3)70(69-81-83(78,79)80-68-67-75(4,5)6)74-72(76)65-62-59-56-53-50-47-45-43-41-39-34-32-30-28-26-23-20-17-14-11-8-2/h28,30,61,64,70-71H,7-27,29,31-60,62-63,65-69H2,1-6H3,(H-,74,76,78,79)/b30-28+,64-61+. The number of nitrogens with one attached hydrogen (secondary N) is 1. The minimum Gasteiger partial charge on any atom is -0.756 e. The van der Waals surface area contributed by atoms with E-state index >= 15 is 0 Å². The van der Waals surface area contributed by atoms with Crippen LogP contribution in [-0.4, -0.2) is 69.4 Å². The lowest BCUT2D eigenvalue weighted by molar-refractivity contribution is -0.870. The quantitative estimate of drug-likeness (QED) is 0.0212. The molecule has 1 amide bonds. The van der Waals surface area contributed by atoms with E-state index in [1.807, 2.05) is 33.3 Å². The van der Waals surface area contributed by atoms with Gasteiger partial charge in [-0.15, -0.1) is 0 Å². The first-order valence-corrected chi connectivity index (χ1v) is 38.1. The van der Waals surface area contributed by atoms with Crippen molar-refractivity contribution in [3.63, 3.8) is 0 Å². The molecule has 0 fully saturated rings. The molecule has 0 aromatic carbocycles. The summed E-state index contributed by atoms with van der Waals surface area (Å²) in [4.78, 5) is 40.2. The lowest BCUT2D eigenvalue weighted by Gasteiger charge is -2.30. The van der Waals surface area contributed by atoms with Crippen LogP contribution in [0.2, 0.25) is 0 Å². The fourth-order valence-corrected chi connectivity index (χ4v) is 12.0. The average Bonchev–Trinajstić information content (AvgIpc) is 3.51. The number of nitrogens with zero attached hydrogens (tertiary/aromatic N) is 1. The van der Waals surface area contributed by atoms with Gasteiger partial charge in [0.15, 0.2) is 0 Å². The van der Waals surface area contributed by atoms with Crippen LogP contribution in [0.15, 0.2) is 24.3 Å². The van der Waals surface area contributed by atoms with Crippen LogP contribution in [0.3, 0.4) is 0 Å². The second kappa shape index (κ2) is 63.5. The second-order valence-corrected chi connectivity index (χ2v) is 27.9. The van der Waals surface area contributed by atoms with E-state index in [4.69, 9.17) is 13.8 Å². The van der Waals surface area contributed by atoms with Crippen molar-refractivity contribution in [3.8, 4) is 0 Å². The van der Waals surface area contributed by atoms with Crippen LogP contribution in [0.1, 0.15) is 380 Å². The molecule has 0 spiro atoms. The van der Waals surface area contributed by atoms with Crippen molar-refractivity contribution in [2.75, 3.05) is 40.9 Å². The monoisotopic (exact) mass is 1190 g/mol. The minimum atomic E-state index is -4.70. The van der Waals surface area contributed by atoms with Crippen molar-refractivity contribution in [3.05, 3.63) is 24.3 Å². The zero-order valence-corrected chi connectivity index (χ0v) is 57.3. The predicted molar refractivity (Wildman–Crippen MR) is 358 cm³/mol. The van der Waals surface area contributed by atoms with E-state index in [0.29, 0.717) is 17.4 Å². The normalized spacial score (nSPS) is 13.6. The van der Waals surface area contributed by atoms with Crippen LogP contribution in [0.25, 0.3) is 0 Å². The first-order chi connectivity index (χ1) is 40.4. The summed E-state index contributed by atoms with van der Waals surface area (Å²) in [6, 6.07) is -0.884. The number of rotatable bonds is 68. The van der Waals surface area contributed by atoms with Crippen molar-refractivity contribution < 1.29 is 37.3 Å². The predicted octanol–water partition coefficient (Wildman–Crippen LogP) is 22.6. The molecule has 3 unspecified atom stereocenters. The molecule has 1 N–H and O–H groups in total. The van der Waals surface area contributed by atoms with Gasteiger partial charge in [-0.1, -0.05) is 334 Å². The van der Waals surface area contributed by atoms with Gasteiger partial charge < -0.3 is 28.5 Å². The third-order valence-corrected chi connectivity index (χ3v) is 17.8. The lowest BCUT2D eigenvalue weighted by atomic mass is 10.0. The number of esters is 1. The molecule has 0 heterocycles. The van der Waals surface area contributed by atoms with Crippen LogP contribution in [0.5, 0.6) is 0 Å². The molecule has 9 nitrogen and oxygen atoms in total. The number of allylic oxidation sites excluding steroid dienone is 3. The summed E-state index contributed by atoms with van der Waals surface area (Å²) in [5, 5.41) is 3.05. The second-order valence-electron chi connectivity index (χ2n) is 26.5. The van der Waals surface area contributed by atoms with E-state index in [1.165, 1.54) is 289 Å². The Morgan fingerprint density at radius 2 is 0.699 bits per heavy atom. The van der Waals surface area contributed by atoms with Crippen molar-refractivity contribution >= 4 is 19.7 Å². The molecule has 0 saturated heterocycles. The summed E-state index contributed by atoms with van der Waals surface area (Å²) in [6.07, 6.45) is 77.4. The first-order valence-electron chi connectivity index (χ1n) is 36.6. The number of carbonyl (C=O) groups excluding carboxylic acids is 2. The minimum absolute atomic E-state index is 0.0184. The van der Waals surface area contributed by atoms with Gasteiger partial charge in [0.1, 0.15) is 19.3 Å². The number of ether oxygens (including phenoxy) is 1. The van der Waals surface area contributed by atoms with Gasteiger partial charge in [0.05, 0.1) is 33.8 Å². The van der Waals surface area contributed by atoms with Crippen molar-refractivity contribution in [2.45, 2.75) is 392 Å². The SMILES string of the molecule is CCCCCCCC/C=C/CCCCCCCCCCCCCC(=O)NC(COP(=O)([O-])OCC[N+](C)(C)C)C(/C=C/CCCCCCCCCCC)OC(=O)CCCCCCCCCCCCCCCCCCCCCCCCCCC. The number of likely N-dealkylation sites (N-methyl/N-ethyl adjacent to an activating group) is 1. The zero-order chi connectivity index (χ0) is 60.7. The van der Waals surface area contributed by atoms with E-state index in [-0.39, 0.29) is 31.5 Å². The van der Waals surface area contributed by atoms with E-state index in [2.05, 4.69) is 38.2 Å². The number of quaternary nitrogens is 1. The molecule has 492 valence electrons. The number of phosphoric acid groups is 1. The summed E-state index contributed by atoms with van der Waals surface area (Å²) in [6.45, 7) is 6.91. The highest BCUT2D eigenvalue weighted by atomic mass is 31.2.